The summed E-state index contributed by atoms with van der Waals surface area (Å²) in [5.74, 6) is -1.72. The molecule has 4 rings (SSSR count). The maximum absolute atomic E-state index is 10.6. The fourth-order valence-electron chi connectivity index (χ4n) is 3.18. The zero-order chi connectivity index (χ0) is 25.4. The second kappa shape index (κ2) is 11.8. The zero-order valence-corrected chi connectivity index (χ0v) is 20.1. The van der Waals surface area contributed by atoms with Gasteiger partial charge >= 0.3 is 12.1 Å². The first-order chi connectivity index (χ1) is 16.7. The standard InChI is InChI=1S/C24H25N3S.C2HF3O2/c1-3-18(2)28-21-13-9-12-20(16-21)23-24(25-17-19-10-5-4-6-11-19)27-15-8-7-14-22(27)26-23;3-2(4,5)1(6)7/h4-16,18,25H,3,17H2,1-2H3;(H,6,7). The van der Waals surface area contributed by atoms with Crippen molar-refractivity contribution in [3.05, 3.63) is 84.6 Å². The van der Waals surface area contributed by atoms with Crippen LogP contribution in [0.15, 0.2) is 83.9 Å². The molecule has 0 saturated carbocycles. The molecule has 0 aliphatic carbocycles. The van der Waals surface area contributed by atoms with Crippen LogP contribution in [0.25, 0.3) is 16.9 Å². The van der Waals surface area contributed by atoms with Crippen LogP contribution in [-0.4, -0.2) is 31.9 Å². The topological polar surface area (TPSA) is 66.6 Å². The SMILES string of the molecule is CCC(C)Sc1cccc(-c2nc3ccccn3c2NCc2ccccc2)c1.O=C(O)C(F)(F)F. The quantitative estimate of drug-likeness (QED) is 0.264. The highest BCUT2D eigenvalue weighted by molar-refractivity contribution is 7.99. The number of alkyl halides is 3. The number of anilines is 1. The first-order valence-electron chi connectivity index (χ1n) is 11.0. The third-order valence-corrected chi connectivity index (χ3v) is 6.36. The van der Waals surface area contributed by atoms with Crippen LogP contribution in [0.3, 0.4) is 0 Å². The van der Waals surface area contributed by atoms with Crippen LogP contribution in [-0.2, 0) is 11.3 Å². The monoisotopic (exact) mass is 501 g/mol. The van der Waals surface area contributed by atoms with Gasteiger partial charge in [0.25, 0.3) is 0 Å². The number of benzene rings is 2. The Morgan fingerprint density at radius 3 is 2.43 bits per heavy atom. The van der Waals surface area contributed by atoms with E-state index in [2.05, 4.69) is 84.4 Å². The number of nitrogens with one attached hydrogen (secondary N) is 1. The van der Waals surface area contributed by atoms with Gasteiger partial charge in [0.05, 0.1) is 0 Å². The van der Waals surface area contributed by atoms with Crippen molar-refractivity contribution in [1.82, 2.24) is 9.38 Å². The number of nitrogens with zero attached hydrogens (tertiary/aromatic N) is 2. The number of thioether (sulfide) groups is 1. The van der Waals surface area contributed by atoms with E-state index in [-0.39, 0.29) is 0 Å². The van der Waals surface area contributed by atoms with Crippen LogP contribution in [0.4, 0.5) is 19.0 Å². The Labute approximate surface area is 206 Å². The third-order valence-electron chi connectivity index (χ3n) is 5.09. The second-order valence-corrected chi connectivity index (χ2v) is 9.26. The van der Waals surface area contributed by atoms with Crippen molar-refractivity contribution >= 4 is 29.2 Å². The molecule has 1 atom stereocenters. The molecule has 2 aromatic carbocycles. The van der Waals surface area contributed by atoms with Crippen LogP contribution >= 0.6 is 11.8 Å². The summed E-state index contributed by atoms with van der Waals surface area (Å²) in [6.07, 6.45) is -1.86. The number of aromatic nitrogens is 2. The van der Waals surface area contributed by atoms with Gasteiger partial charge in [-0.15, -0.1) is 11.8 Å². The minimum Gasteiger partial charge on any atom is -0.475 e. The second-order valence-electron chi connectivity index (χ2n) is 7.74. The number of hydrogen-bond donors (Lipinski definition) is 2. The first kappa shape index (κ1) is 26.2. The van der Waals surface area contributed by atoms with Gasteiger partial charge in [-0.1, -0.05) is 62.4 Å². The van der Waals surface area contributed by atoms with E-state index in [0.29, 0.717) is 5.25 Å². The lowest BCUT2D eigenvalue weighted by atomic mass is 10.1. The number of pyridine rings is 1. The molecule has 4 aromatic rings. The number of fused-ring (bicyclic) bond motifs is 1. The number of halogens is 3. The van der Waals surface area contributed by atoms with Gasteiger partial charge in [-0.3, -0.25) is 4.40 Å². The van der Waals surface area contributed by atoms with Gasteiger partial charge in [0.2, 0.25) is 0 Å². The number of aliphatic carboxylic acids is 1. The van der Waals surface area contributed by atoms with Gasteiger partial charge in [-0.05, 0) is 36.2 Å². The van der Waals surface area contributed by atoms with Crippen molar-refractivity contribution in [2.24, 2.45) is 0 Å². The predicted molar refractivity (Wildman–Crippen MR) is 134 cm³/mol. The number of carboxylic acid groups (broad SMARTS) is 1. The molecule has 0 aliphatic heterocycles. The Morgan fingerprint density at radius 1 is 1.09 bits per heavy atom. The van der Waals surface area contributed by atoms with E-state index in [9.17, 15) is 13.2 Å². The summed E-state index contributed by atoms with van der Waals surface area (Å²) in [4.78, 5) is 15.1. The van der Waals surface area contributed by atoms with Crippen molar-refractivity contribution < 1.29 is 23.1 Å². The molecule has 0 amide bonds. The average molecular weight is 502 g/mol. The molecule has 1 unspecified atom stereocenters. The van der Waals surface area contributed by atoms with Crippen molar-refractivity contribution in [3.63, 3.8) is 0 Å². The molecule has 0 saturated heterocycles. The molecular formula is C26H26F3N3O2S. The minimum atomic E-state index is -5.08. The first-order valence-corrected chi connectivity index (χ1v) is 11.9. The van der Waals surface area contributed by atoms with Crippen LogP contribution < -0.4 is 5.32 Å². The minimum absolute atomic E-state index is 0.604. The van der Waals surface area contributed by atoms with E-state index >= 15 is 0 Å². The van der Waals surface area contributed by atoms with Crippen molar-refractivity contribution in [2.45, 2.75) is 43.1 Å². The smallest absolute Gasteiger partial charge is 0.475 e. The third kappa shape index (κ3) is 7.26. The van der Waals surface area contributed by atoms with E-state index in [1.54, 1.807) is 0 Å². The summed E-state index contributed by atoms with van der Waals surface area (Å²) in [6.45, 7) is 5.27. The summed E-state index contributed by atoms with van der Waals surface area (Å²) in [5, 5.41) is 11.3. The van der Waals surface area contributed by atoms with Gasteiger partial charge in [0, 0.05) is 28.5 Å². The molecule has 2 N–H and O–H groups in total. The lowest BCUT2D eigenvalue weighted by Gasteiger charge is -2.11. The summed E-state index contributed by atoms with van der Waals surface area (Å²) in [5.41, 5.74) is 4.34. The molecule has 2 heterocycles. The number of carbonyl (C=O) groups is 1. The fourth-order valence-corrected chi connectivity index (χ4v) is 4.16. The Balaban J connectivity index is 0.000000429. The Hall–Kier alpha value is -3.46. The highest BCUT2D eigenvalue weighted by Gasteiger charge is 2.38. The molecule has 0 bridgehead atoms. The highest BCUT2D eigenvalue weighted by atomic mass is 32.2. The maximum Gasteiger partial charge on any atom is 0.490 e. The molecule has 0 radical (unpaired) electrons. The van der Waals surface area contributed by atoms with Crippen molar-refractivity contribution in [1.29, 1.82) is 0 Å². The van der Waals surface area contributed by atoms with Crippen molar-refractivity contribution in [2.75, 3.05) is 5.32 Å². The zero-order valence-electron chi connectivity index (χ0n) is 19.3. The van der Waals surface area contributed by atoms with E-state index in [0.717, 1.165) is 35.7 Å². The number of carboxylic acids is 1. The van der Waals surface area contributed by atoms with Crippen LogP contribution in [0.5, 0.6) is 0 Å². The molecule has 0 aliphatic rings. The normalized spacial score (nSPS) is 12.0. The summed E-state index contributed by atoms with van der Waals surface area (Å²) in [7, 11) is 0. The van der Waals surface area contributed by atoms with Gasteiger partial charge in [-0.2, -0.15) is 13.2 Å². The molecular weight excluding hydrogens is 475 g/mol. The predicted octanol–water partition coefficient (Wildman–Crippen LogP) is 7.14. The van der Waals surface area contributed by atoms with Crippen LogP contribution in [0.2, 0.25) is 0 Å². The molecule has 35 heavy (non-hydrogen) atoms. The Kier molecular flexibility index (Phi) is 8.81. The van der Waals surface area contributed by atoms with Gasteiger partial charge in [0.1, 0.15) is 17.2 Å². The van der Waals surface area contributed by atoms with Crippen molar-refractivity contribution in [3.8, 4) is 11.3 Å². The van der Waals surface area contributed by atoms with Crippen LogP contribution in [0.1, 0.15) is 25.8 Å². The lowest BCUT2D eigenvalue weighted by Crippen LogP contribution is -2.21. The average Bonchev–Trinajstić information content (AvgIpc) is 3.22. The Morgan fingerprint density at radius 2 is 1.77 bits per heavy atom. The van der Waals surface area contributed by atoms with Gasteiger partial charge in [0.15, 0.2) is 0 Å². The molecule has 184 valence electrons. The summed E-state index contributed by atoms with van der Waals surface area (Å²) in [6, 6.07) is 25.3. The van der Waals surface area contributed by atoms with Gasteiger partial charge < -0.3 is 10.4 Å². The number of hydrogen-bond acceptors (Lipinski definition) is 4. The summed E-state index contributed by atoms with van der Waals surface area (Å²) < 4.78 is 33.9. The van der Waals surface area contributed by atoms with E-state index in [1.807, 2.05) is 30.0 Å². The number of rotatable bonds is 7. The largest absolute Gasteiger partial charge is 0.490 e. The number of imidazole rings is 1. The maximum atomic E-state index is 10.6. The molecule has 0 fully saturated rings. The lowest BCUT2D eigenvalue weighted by molar-refractivity contribution is -0.192. The fraction of sp³-hybridized carbons (Fsp3) is 0.231. The van der Waals surface area contributed by atoms with Crippen LogP contribution in [0, 0.1) is 0 Å². The van der Waals surface area contributed by atoms with E-state index in [4.69, 9.17) is 14.9 Å². The molecule has 9 heteroatoms. The molecule has 5 nitrogen and oxygen atoms in total. The summed E-state index contributed by atoms with van der Waals surface area (Å²) >= 11 is 1.92. The highest BCUT2D eigenvalue weighted by Crippen LogP contribution is 2.33. The van der Waals surface area contributed by atoms with E-state index < -0.39 is 12.1 Å². The van der Waals surface area contributed by atoms with Gasteiger partial charge in [-0.25, -0.2) is 9.78 Å². The Bertz CT molecular complexity index is 1260. The molecule has 0 spiro atoms. The van der Waals surface area contributed by atoms with E-state index in [1.165, 1.54) is 10.5 Å². The molecule has 2 aromatic heterocycles.